The van der Waals surface area contributed by atoms with Gasteiger partial charge in [-0.1, -0.05) is 0 Å². The minimum Gasteiger partial charge on any atom is -0.481 e. The number of carboxylic acid groups (broad SMARTS) is 2. The zero-order chi connectivity index (χ0) is 16.1. The van der Waals surface area contributed by atoms with Crippen LogP contribution in [0.3, 0.4) is 0 Å². The number of esters is 1. The Labute approximate surface area is 118 Å². The van der Waals surface area contributed by atoms with Crippen LogP contribution in [0.5, 0.6) is 0 Å². The fourth-order valence-electron chi connectivity index (χ4n) is 1.64. The van der Waals surface area contributed by atoms with Gasteiger partial charge in [-0.25, -0.2) is 0 Å². The predicted molar refractivity (Wildman–Crippen MR) is 71.4 cm³/mol. The summed E-state index contributed by atoms with van der Waals surface area (Å²) in [5.41, 5.74) is -1.51. The lowest BCUT2D eigenvalue weighted by molar-refractivity contribution is -0.157. The van der Waals surface area contributed by atoms with Crippen LogP contribution in [0.25, 0.3) is 0 Å². The second-order valence-electron chi connectivity index (χ2n) is 6.28. The predicted octanol–water partition coefficient (Wildman–Crippen LogP) is 1.01. The molecule has 0 saturated heterocycles. The van der Waals surface area contributed by atoms with Gasteiger partial charge in [-0.3, -0.25) is 19.7 Å². The van der Waals surface area contributed by atoms with Crippen LogP contribution in [0.4, 0.5) is 0 Å². The highest BCUT2D eigenvalue weighted by Gasteiger charge is 2.31. The van der Waals surface area contributed by atoms with E-state index in [0.717, 1.165) is 0 Å². The zero-order valence-electron chi connectivity index (χ0n) is 12.5. The maximum Gasteiger partial charge on any atom is 0.321 e. The third-order valence-electron chi connectivity index (χ3n) is 2.25. The molecular formula is C13H23NO6. The molecule has 0 aliphatic carbocycles. The minimum atomic E-state index is -1.27. The molecule has 0 aromatic carbocycles. The number of nitrogens with one attached hydrogen (secondary N) is 1. The average molecular weight is 289 g/mol. The highest BCUT2D eigenvalue weighted by molar-refractivity contribution is 5.80. The van der Waals surface area contributed by atoms with Crippen LogP contribution in [0.1, 0.15) is 47.5 Å². The van der Waals surface area contributed by atoms with Crippen LogP contribution in [0.15, 0.2) is 0 Å². The molecule has 0 spiro atoms. The van der Waals surface area contributed by atoms with Crippen molar-refractivity contribution in [3.05, 3.63) is 0 Å². The highest BCUT2D eigenvalue weighted by atomic mass is 16.6. The molecule has 0 rings (SSSR count). The molecule has 3 N–H and O–H groups in total. The van der Waals surface area contributed by atoms with Gasteiger partial charge in [-0.15, -0.1) is 0 Å². The summed E-state index contributed by atoms with van der Waals surface area (Å²) in [5, 5.41) is 20.3. The third kappa shape index (κ3) is 8.47. The number of carbonyl (C=O) groups is 3. The fraction of sp³-hybridized carbons (Fsp3) is 0.769. The number of hydrogen-bond donors (Lipinski definition) is 3. The molecule has 1 atom stereocenters. The van der Waals surface area contributed by atoms with Crippen LogP contribution >= 0.6 is 0 Å². The minimum absolute atomic E-state index is 0.0618. The Hall–Kier alpha value is -1.63. The summed E-state index contributed by atoms with van der Waals surface area (Å²) >= 11 is 0. The number of carbonyl (C=O) groups excluding carboxylic acids is 1. The summed E-state index contributed by atoms with van der Waals surface area (Å²) in [5.74, 6) is -2.97. The number of rotatable bonds is 7. The lowest BCUT2D eigenvalue weighted by Gasteiger charge is -2.30. The van der Waals surface area contributed by atoms with Crippen molar-refractivity contribution in [2.75, 3.05) is 0 Å². The summed E-state index contributed by atoms with van der Waals surface area (Å²) in [6.07, 6.45) is -0.624. The van der Waals surface area contributed by atoms with Crippen molar-refractivity contribution in [3.8, 4) is 0 Å². The topological polar surface area (TPSA) is 113 Å². The first kappa shape index (κ1) is 18.4. The van der Waals surface area contributed by atoms with E-state index in [9.17, 15) is 14.4 Å². The molecule has 0 aliphatic heterocycles. The Kier molecular flexibility index (Phi) is 6.15. The molecule has 0 saturated carbocycles. The standard InChI is InChI=1S/C13H23NO6/c1-12(2,3)20-10(17)7-13(4,5)14-8(11(18)19)6-9(15)16/h8,14H,6-7H2,1-5H3,(H,15,16)(H,18,19)/t8-/m0/s1. The largest absolute Gasteiger partial charge is 0.481 e. The Morgan fingerprint density at radius 2 is 1.60 bits per heavy atom. The summed E-state index contributed by atoms with van der Waals surface area (Å²) in [4.78, 5) is 33.3. The summed E-state index contributed by atoms with van der Waals surface area (Å²) in [7, 11) is 0. The van der Waals surface area contributed by atoms with E-state index < -0.39 is 41.5 Å². The van der Waals surface area contributed by atoms with Gasteiger partial charge in [0.2, 0.25) is 0 Å². The van der Waals surface area contributed by atoms with E-state index in [-0.39, 0.29) is 6.42 Å². The number of carboxylic acids is 2. The maximum atomic E-state index is 11.7. The molecule has 0 aromatic heterocycles. The average Bonchev–Trinajstić information content (AvgIpc) is 2.09. The molecule has 0 radical (unpaired) electrons. The van der Waals surface area contributed by atoms with E-state index in [4.69, 9.17) is 14.9 Å². The Balaban J connectivity index is 4.66. The smallest absolute Gasteiger partial charge is 0.321 e. The van der Waals surface area contributed by atoms with E-state index in [0.29, 0.717) is 0 Å². The van der Waals surface area contributed by atoms with Crippen molar-refractivity contribution >= 4 is 17.9 Å². The van der Waals surface area contributed by atoms with Crippen LogP contribution in [-0.4, -0.2) is 45.3 Å². The van der Waals surface area contributed by atoms with Gasteiger partial charge in [-0.05, 0) is 34.6 Å². The lowest BCUT2D eigenvalue weighted by atomic mass is 9.98. The van der Waals surface area contributed by atoms with Crippen LogP contribution in [0.2, 0.25) is 0 Å². The van der Waals surface area contributed by atoms with Gasteiger partial charge < -0.3 is 14.9 Å². The van der Waals surface area contributed by atoms with Crippen molar-refractivity contribution < 1.29 is 29.3 Å². The van der Waals surface area contributed by atoms with Gasteiger partial charge in [0.15, 0.2) is 0 Å². The molecule has 0 heterocycles. The quantitative estimate of drug-likeness (QED) is 0.599. The molecule has 7 heteroatoms. The second kappa shape index (κ2) is 6.69. The Bertz CT molecular complexity index is 383. The highest BCUT2D eigenvalue weighted by Crippen LogP contribution is 2.16. The summed E-state index contributed by atoms with van der Waals surface area (Å²) in [6, 6.07) is -1.26. The van der Waals surface area contributed by atoms with Crippen molar-refractivity contribution in [3.63, 3.8) is 0 Å². The third-order valence-corrected chi connectivity index (χ3v) is 2.25. The maximum absolute atomic E-state index is 11.7. The van der Waals surface area contributed by atoms with Crippen LogP contribution in [0, 0.1) is 0 Å². The fourth-order valence-corrected chi connectivity index (χ4v) is 1.64. The molecule has 0 fully saturated rings. The number of aliphatic carboxylic acids is 2. The molecule has 0 aromatic rings. The SMILES string of the molecule is CC(C)(CC(=O)OC(C)(C)C)N[C@@H](CC(=O)O)C(=O)O. The monoisotopic (exact) mass is 289 g/mol. The van der Waals surface area contributed by atoms with Gasteiger partial charge in [0.25, 0.3) is 0 Å². The summed E-state index contributed by atoms with van der Waals surface area (Å²) < 4.78 is 5.15. The molecule has 0 aliphatic rings. The molecule has 0 unspecified atom stereocenters. The molecule has 7 nitrogen and oxygen atoms in total. The van der Waals surface area contributed by atoms with Gasteiger partial charge >= 0.3 is 17.9 Å². The molecule has 20 heavy (non-hydrogen) atoms. The molecule has 116 valence electrons. The number of ether oxygens (including phenoxy) is 1. The van der Waals surface area contributed by atoms with E-state index in [1.165, 1.54) is 0 Å². The normalized spacial score (nSPS) is 13.7. The van der Waals surface area contributed by atoms with Crippen molar-refractivity contribution in [2.24, 2.45) is 0 Å². The van der Waals surface area contributed by atoms with E-state index in [1.807, 2.05) is 0 Å². The molecular weight excluding hydrogens is 266 g/mol. The Morgan fingerprint density at radius 1 is 1.10 bits per heavy atom. The first-order chi connectivity index (χ1) is 8.82. The van der Waals surface area contributed by atoms with Crippen molar-refractivity contribution in [1.82, 2.24) is 5.32 Å². The summed E-state index contributed by atoms with van der Waals surface area (Å²) in [6.45, 7) is 8.44. The number of hydrogen-bond acceptors (Lipinski definition) is 5. The zero-order valence-corrected chi connectivity index (χ0v) is 12.5. The first-order valence-corrected chi connectivity index (χ1v) is 6.26. The van der Waals surface area contributed by atoms with E-state index >= 15 is 0 Å². The van der Waals surface area contributed by atoms with Crippen molar-refractivity contribution in [1.29, 1.82) is 0 Å². The van der Waals surface area contributed by atoms with Gasteiger partial charge in [0.05, 0.1) is 12.8 Å². The van der Waals surface area contributed by atoms with Crippen molar-refractivity contribution in [2.45, 2.75) is 64.6 Å². The van der Waals surface area contributed by atoms with Gasteiger partial charge in [0.1, 0.15) is 11.6 Å². The first-order valence-electron chi connectivity index (χ1n) is 6.26. The van der Waals surface area contributed by atoms with Gasteiger partial charge in [0, 0.05) is 5.54 Å². The second-order valence-corrected chi connectivity index (χ2v) is 6.28. The van der Waals surface area contributed by atoms with E-state index in [1.54, 1.807) is 34.6 Å². The Morgan fingerprint density at radius 3 is 1.95 bits per heavy atom. The van der Waals surface area contributed by atoms with Crippen LogP contribution < -0.4 is 5.32 Å². The lowest BCUT2D eigenvalue weighted by Crippen LogP contribution is -2.51. The van der Waals surface area contributed by atoms with Gasteiger partial charge in [-0.2, -0.15) is 0 Å². The molecule has 0 amide bonds. The molecule has 0 bridgehead atoms. The van der Waals surface area contributed by atoms with Crippen LogP contribution in [-0.2, 0) is 19.1 Å². The van der Waals surface area contributed by atoms with E-state index in [2.05, 4.69) is 5.32 Å².